The lowest BCUT2D eigenvalue weighted by Crippen LogP contribution is -2.32. The molecule has 0 unspecified atom stereocenters. The van der Waals surface area contributed by atoms with Crippen LogP contribution in [0, 0.1) is 0 Å². The lowest BCUT2D eigenvalue weighted by atomic mass is 9.94. The molecule has 0 atom stereocenters. The molecule has 112 valence electrons. The first-order valence-corrected chi connectivity index (χ1v) is 7.43. The lowest BCUT2D eigenvalue weighted by molar-refractivity contribution is 0.0266. The van der Waals surface area contributed by atoms with E-state index in [1.54, 1.807) is 6.07 Å². The van der Waals surface area contributed by atoms with Crippen LogP contribution in [0.2, 0.25) is 0 Å². The van der Waals surface area contributed by atoms with Gasteiger partial charge in [-0.15, -0.1) is 0 Å². The SMILES string of the molecule is CCc1ccc(C(=O)NCCOC2CCC(N)CC2)o1. The van der Waals surface area contributed by atoms with Gasteiger partial charge in [0, 0.05) is 19.0 Å². The van der Waals surface area contributed by atoms with E-state index in [1.807, 2.05) is 13.0 Å². The highest BCUT2D eigenvalue weighted by atomic mass is 16.5. The monoisotopic (exact) mass is 280 g/mol. The number of rotatable bonds is 6. The topological polar surface area (TPSA) is 77.5 Å². The first kappa shape index (κ1) is 15.1. The highest BCUT2D eigenvalue weighted by molar-refractivity contribution is 5.91. The van der Waals surface area contributed by atoms with Crippen LogP contribution in [0.25, 0.3) is 0 Å². The van der Waals surface area contributed by atoms with Crippen molar-refractivity contribution >= 4 is 5.91 Å². The maximum Gasteiger partial charge on any atom is 0.287 e. The fourth-order valence-electron chi connectivity index (χ4n) is 2.42. The van der Waals surface area contributed by atoms with Crippen LogP contribution in [0.4, 0.5) is 0 Å². The maximum absolute atomic E-state index is 11.8. The summed E-state index contributed by atoms with van der Waals surface area (Å²) in [5.74, 6) is 1.01. The van der Waals surface area contributed by atoms with Gasteiger partial charge in [0.2, 0.25) is 0 Å². The number of nitrogens with one attached hydrogen (secondary N) is 1. The van der Waals surface area contributed by atoms with Crippen LogP contribution in [0.5, 0.6) is 0 Å². The predicted molar refractivity (Wildman–Crippen MR) is 76.6 cm³/mol. The van der Waals surface area contributed by atoms with Gasteiger partial charge >= 0.3 is 0 Å². The highest BCUT2D eigenvalue weighted by Crippen LogP contribution is 2.19. The zero-order valence-corrected chi connectivity index (χ0v) is 12.1. The molecule has 1 aromatic heterocycles. The van der Waals surface area contributed by atoms with Crippen molar-refractivity contribution in [3.8, 4) is 0 Å². The average Bonchev–Trinajstić information content (AvgIpc) is 2.94. The highest BCUT2D eigenvalue weighted by Gasteiger charge is 2.18. The summed E-state index contributed by atoms with van der Waals surface area (Å²) in [6.45, 7) is 3.03. The fourth-order valence-corrected chi connectivity index (χ4v) is 2.42. The Kier molecular flexibility index (Phi) is 5.61. The van der Waals surface area contributed by atoms with Crippen molar-refractivity contribution in [2.24, 2.45) is 5.73 Å². The Balaban J connectivity index is 1.62. The van der Waals surface area contributed by atoms with Crippen LogP contribution in [0.3, 0.4) is 0 Å². The van der Waals surface area contributed by atoms with Crippen LogP contribution < -0.4 is 11.1 Å². The molecule has 5 heteroatoms. The van der Waals surface area contributed by atoms with Crippen molar-refractivity contribution in [1.82, 2.24) is 5.32 Å². The van der Waals surface area contributed by atoms with Gasteiger partial charge in [-0.25, -0.2) is 0 Å². The van der Waals surface area contributed by atoms with E-state index >= 15 is 0 Å². The Labute approximate surface area is 119 Å². The molecule has 1 aliphatic carbocycles. The molecule has 0 aliphatic heterocycles. The summed E-state index contributed by atoms with van der Waals surface area (Å²) in [6.07, 6.45) is 5.19. The molecule has 0 aromatic carbocycles. The summed E-state index contributed by atoms with van der Waals surface area (Å²) in [5, 5.41) is 2.80. The molecule has 1 heterocycles. The normalized spacial score (nSPS) is 22.7. The molecule has 0 radical (unpaired) electrons. The summed E-state index contributed by atoms with van der Waals surface area (Å²) < 4.78 is 11.1. The van der Waals surface area contributed by atoms with Crippen molar-refractivity contribution < 1.29 is 13.9 Å². The third-order valence-corrected chi connectivity index (χ3v) is 3.69. The number of nitrogens with two attached hydrogens (primary N) is 1. The second kappa shape index (κ2) is 7.45. The molecule has 0 spiro atoms. The Morgan fingerprint density at radius 3 is 2.80 bits per heavy atom. The van der Waals surface area contributed by atoms with E-state index in [-0.39, 0.29) is 5.91 Å². The second-order valence-electron chi connectivity index (χ2n) is 5.28. The predicted octanol–water partition coefficient (Wildman–Crippen LogP) is 1.86. The molecule has 0 bridgehead atoms. The smallest absolute Gasteiger partial charge is 0.287 e. The van der Waals surface area contributed by atoms with Gasteiger partial charge in [0.1, 0.15) is 5.76 Å². The van der Waals surface area contributed by atoms with Gasteiger partial charge in [-0.3, -0.25) is 4.79 Å². The molecular weight excluding hydrogens is 256 g/mol. The van der Waals surface area contributed by atoms with Crippen LogP contribution in [-0.2, 0) is 11.2 Å². The van der Waals surface area contributed by atoms with Gasteiger partial charge < -0.3 is 20.2 Å². The van der Waals surface area contributed by atoms with E-state index in [0.29, 0.717) is 31.1 Å². The van der Waals surface area contributed by atoms with Gasteiger partial charge in [0.25, 0.3) is 5.91 Å². The number of amides is 1. The molecule has 0 saturated heterocycles. The van der Waals surface area contributed by atoms with Crippen molar-refractivity contribution in [2.45, 2.75) is 51.2 Å². The first-order chi connectivity index (χ1) is 9.69. The van der Waals surface area contributed by atoms with Crippen LogP contribution in [0.1, 0.15) is 48.9 Å². The molecule has 5 nitrogen and oxygen atoms in total. The maximum atomic E-state index is 11.8. The van der Waals surface area contributed by atoms with Gasteiger partial charge in [0.05, 0.1) is 12.7 Å². The molecule has 1 fully saturated rings. The van der Waals surface area contributed by atoms with Crippen molar-refractivity contribution in [3.05, 3.63) is 23.7 Å². The van der Waals surface area contributed by atoms with Crippen LogP contribution in [-0.4, -0.2) is 31.2 Å². The summed E-state index contributed by atoms with van der Waals surface area (Å²) in [6, 6.07) is 3.87. The molecule has 20 heavy (non-hydrogen) atoms. The zero-order valence-electron chi connectivity index (χ0n) is 12.1. The second-order valence-corrected chi connectivity index (χ2v) is 5.28. The summed E-state index contributed by atoms with van der Waals surface area (Å²) in [7, 11) is 0. The minimum atomic E-state index is -0.182. The van der Waals surface area contributed by atoms with E-state index in [0.717, 1.165) is 37.9 Å². The summed E-state index contributed by atoms with van der Waals surface area (Å²) >= 11 is 0. The summed E-state index contributed by atoms with van der Waals surface area (Å²) in [4.78, 5) is 11.8. The molecule has 1 saturated carbocycles. The largest absolute Gasteiger partial charge is 0.456 e. The van der Waals surface area contributed by atoms with Crippen LogP contribution >= 0.6 is 0 Å². The van der Waals surface area contributed by atoms with Crippen molar-refractivity contribution in [3.63, 3.8) is 0 Å². The van der Waals surface area contributed by atoms with Crippen LogP contribution in [0.15, 0.2) is 16.5 Å². The van der Waals surface area contributed by atoms with Gasteiger partial charge in [-0.05, 0) is 37.8 Å². The van der Waals surface area contributed by atoms with Crippen molar-refractivity contribution in [2.75, 3.05) is 13.2 Å². The Hall–Kier alpha value is -1.33. The van der Waals surface area contributed by atoms with Gasteiger partial charge in [0.15, 0.2) is 5.76 Å². The number of aryl methyl sites for hydroxylation is 1. The Morgan fingerprint density at radius 1 is 1.40 bits per heavy atom. The molecule has 2 rings (SSSR count). The number of carbonyl (C=O) groups is 1. The minimum Gasteiger partial charge on any atom is -0.456 e. The Morgan fingerprint density at radius 2 is 2.15 bits per heavy atom. The third-order valence-electron chi connectivity index (χ3n) is 3.69. The van der Waals surface area contributed by atoms with Gasteiger partial charge in [-0.1, -0.05) is 6.92 Å². The number of hydrogen-bond donors (Lipinski definition) is 2. The molecule has 1 aromatic rings. The number of furan rings is 1. The van der Waals surface area contributed by atoms with E-state index in [1.165, 1.54) is 0 Å². The molecule has 3 N–H and O–H groups in total. The summed E-state index contributed by atoms with van der Waals surface area (Å²) in [5.41, 5.74) is 5.85. The lowest BCUT2D eigenvalue weighted by Gasteiger charge is -2.26. The molecule has 1 amide bonds. The minimum absolute atomic E-state index is 0.182. The number of carbonyl (C=O) groups excluding carboxylic acids is 1. The standard InChI is InChI=1S/C15H24N2O3/c1-2-12-7-8-14(20-12)15(18)17-9-10-19-13-5-3-11(16)4-6-13/h7-8,11,13H,2-6,9-10,16H2,1H3,(H,17,18). The van der Waals surface area contributed by atoms with E-state index in [9.17, 15) is 4.79 Å². The van der Waals surface area contributed by atoms with E-state index in [4.69, 9.17) is 14.9 Å². The number of ether oxygens (including phenoxy) is 1. The third kappa shape index (κ3) is 4.35. The van der Waals surface area contributed by atoms with Gasteiger partial charge in [-0.2, -0.15) is 0 Å². The zero-order chi connectivity index (χ0) is 14.4. The Bertz CT molecular complexity index is 423. The van der Waals surface area contributed by atoms with E-state index in [2.05, 4.69) is 5.32 Å². The average molecular weight is 280 g/mol. The molecule has 1 aliphatic rings. The first-order valence-electron chi connectivity index (χ1n) is 7.43. The fraction of sp³-hybridized carbons (Fsp3) is 0.667. The quantitative estimate of drug-likeness (QED) is 0.780. The molecular formula is C15H24N2O3. The number of hydrogen-bond acceptors (Lipinski definition) is 4. The van der Waals surface area contributed by atoms with E-state index < -0.39 is 0 Å². The van der Waals surface area contributed by atoms with Crippen molar-refractivity contribution in [1.29, 1.82) is 0 Å².